The van der Waals surface area contributed by atoms with Gasteiger partial charge in [-0.05, 0) is 5.56 Å². The summed E-state index contributed by atoms with van der Waals surface area (Å²) < 4.78 is 18.6. The third-order valence-electron chi connectivity index (χ3n) is 4.30. The first-order chi connectivity index (χ1) is 12.7. The zero-order chi connectivity index (χ0) is 18.4. The Morgan fingerprint density at radius 3 is 2.92 bits per heavy atom. The number of nitrogens with zero attached hydrogens (tertiary/aromatic N) is 2. The minimum atomic E-state index is -0.586. The first-order valence-corrected chi connectivity index (χ1v) is 8.63. The molecule has 7 heteroatoms. The van der Waals surface area contributed by atoms with Crippen molar-refractivity contribution in [3.63, 3.8) is 0 Å². The van der Waals surface area contributed by atoms with Gasteiger partial charge in [-0.1, -0.05) is 41.6 Å². The monoisotopic (exact) mass is 360 g/mol. The van der Waals surface area contributed by atoms with Gasteiger partial charge in [0.1, 0.15) is 25.9 Å². The summed E-state index contributed by atoms with van der Waals surface area (Å²) in [5.74, 6) is 0.0702. The number of rotatable bonds is 8. The molecule has 0 spiro atoms. The highest BCUT2D eigenvalue weighted by molar-refractivity contribution is 5.93. The van der Waals surface area contributed by atoms with Crippen molar-refractivity contribution in [1.29, 1.82) is 0 Å². The number of ether oxygens (including phenoxy) is 3. The van der Waals surface area contributed by atoms with Crippen molar-refractivity contribution >= 4 is 11.9 Å². The van der Waals surface area contributed by atoms with Gasteiger partial charge in [-0.2, -0.15) is 0 Å². The molecule has 3 rings (SSSR count). The molecule has 0 saturated carbocycles. The average Bonchev–Trinajstić information content (AvgIpc) is 3.13. The molecule has 7 nitrogen and oxygen atoms in total. The fraction of sp³-hybridized carbons (Fsp3) is 0.474. The third-order valence-corrected chi connectivity index (χ3v) is 4.30. The smallest absolute Gasteiger partial charge is 0.182 e. The number of fused-ring (bicyclic) bond motifs is 1. The Morgan fingerprint density at radius 2 is 2.19 bits per heavy atom. The summed E-state index contributed by atoms with van der Waals surface area (Å²) in [4.78, 5) is 5.22. The van der Waals surface area contributed by atoms with E-state index in [9.17, 15) is 5.21 Å². The number of benzene rings is 1. The summed E-state index contributed by atoms with van der Waals surface area (Å²) in [7, 11) is 1.42. The predicted octanol–water partition coefficient (Wildman–Crippen LogP) is 1.76. The summed E-state index contributed by atoms with van der Waals surface area (Å²) in [6.45, 7) is 5.33. The maximum Gasteiger partial charge on any atom is 0.182 e. The average molecular weight is 360 g/mol. The Bertz CT molecular complexity index is 657. The van der Waals surface area contributed by atoms with E-state index < -0.39 is 18.3 Å². The molecule has 0 radical (unpaired) electrons. The van der Waals surface area contributed by atoms with Gasteiger partial charge in [-0.15, -0.1) is 6.58 Å². The molecular weight excluding hydrogens is 336 g/mol. The predicted molar refractivity (Wildman–Crippen MR) is 97.2 cm³/mol. The first-order valence-electron chi connectivity index (χ1n) is 8.63. The summed E-state index contributed by atoms with van der Waals surface area (Å²) in [5.41, 5.74) is 1.82. The number of hydroxylamine groups is 1. The first kappa shape index (κ1) is 18.6. The van der Waals surface area contributed by atoms with Gasteiger partial charge in [0.05, 0.1) is 31.5 Å². The molecule has 1 aromatic rings. The van der Waals surface area contributed by atoms with Crippen LogP contribution >= 0.6 is 0 Å². The highest BCUT2D eigenvalue weighted by Crippen LogP contribution is 2.27. The van der Waals surface area contributed by atoms with Crippen LogP contribution in [0, 0.1) is 11.1 Å². The quantitative estimate of drug-likeness (QED) is 0.232. The van der Waals surface area contributed by atoms with Crippen LogP contribution in [0.15, 0.2) is 48.1 Å². The van der Waals surface area contributed by atoms with Crippen LogP contribution in [0.1, 0.15) is 5.56 Å². The summed E-state index contributed by atoms with van der Waals surface area (Å²) in [5, 5.41) is 15.8. The lowest BCUT2D eigenvalue weighted by Gasteiger charge is -2.36. The molecule has 140 valence electrons. The highest BCUT2D eigenvalue weighted by Gasteiger charge is 2.45. The second-order valence-electron chi connectivity index (χ2n) is 6.31. The zero-order valence-corrected chi connectivity index (χ0v) is 14.8. The van der Waals surface area contributed by atoms with Crippen LogP contribution in [0.2, 0.25) is 0 Å². The van der Waals surface area contributed by atoms with Gasteiger partial charge in [-0.25, -0.2) is 4.74 Å². The lowest BCUT2D eigenvalue weighted by Crippen LogP contribution is -2.54. The SMILES string of the molecule is C=CCO[C@@H]1C2=NOC[C@H]2CO[C@@H]1[C@H](/C=[N+](/C)[O-])OCc1ccccc1. The minimum absolute atomic E-state index is 0.0702. The van der Waals surface area contributed by atoms with Crippen LogP contribution < -0.4 is 0 Å². The van der Waals surface area contributed by atoms with E-state index in [1.54, 1.807) is 6.08 Å². The fourth-order valence-electron chi connectivity index (χ4n) is 3.08. The van der Waals surface area contributed by atoms with E-state index >= 15 is 0 Å². The van der Waals surface area contributed by atoms with E-state index in [1.165, 1.54) is 13.3 Å². The highest BCUT2D eigenvalue weighted by atomic mass is 16.6. The van der Waals surface area contributed by atoms with Gasteiger partial charge < -0.3 is 24.3 Å². The van der Waals surface area contributed by atoms with E-state index in [1.807, 2.05) is 30.3 Å². The van der Waals surface area contributed by atoms with Crippen LogP contribution in [0.4, 0.5) is 0 Å². The topological polar surface area (TPSA) is 75.3 Å². The molecule has 2 aliphatic heterocycles. The summed E-state index contributed by atoms with van der Waals surface area (Å²) in [6.07, 6.45) is 1.59. The second kappa shape index (κ2) is 8.93. The van der Waals surface area contributed by atoms with Crippen molar-refractivity contribution in [2.75, 3.05) is 26.9 Å². The Kier molecular flexibility index (Phi) is 6.38. The molecule has 0 unspecified atom stereocenters. The van der Waals surface area contributed by atoms with Gasteiger partial charge in [-0.3, -0.25) is 0 Å². The fourth-order valence-corrected chi connectivity index (χ4v) is 3.08. The summed E-state index contributed by atoms with van der Waals surface area (Å²) in [6, 6.07) is 9.77. The molecule has 0 aliphatic carbocycles. The Balaban J connectivity index is 1.78. The molecule has 2 heterocycles. The molecule has 26 heavy (non-hydrogen) atoms. The Labute approximate surface area is 153 Å². The van der Waals surface area contributed by atoms with Crippen LogP contribution in [0.3, 0.4) is 0 Å². The maximum absolute atomic E-state index is 11.7. The molecule has 1 fully saturated rings. The van der Waals surface area contributed by atoms with Crippen LogP contribution in [0.5, 0.6) is 0 Å². The lowest BCUT2D eigenvalue weighted by molar-refractivity contribution is -0.421. The largest absolute Gasteiger partial charge is 0.624 e. The van der Waals surface area contributed by atoms with Gasteiger partial charge >= 0.3 is 0 Å². The lowest BCUT2D eigenvalue weighted by atomic mass is 9.91. The molecule has 0 aromatic heterocycles. The van der Waals surface area contributed by atoms with Crippen LogP contribution in [-0.2, 0) is 25.7 Å². The van der Waals surface area contributed by atoms with E-state index in [-0.39, 0.29) is 5.92 Å². The number of oxime groups is 1. The number of hydrogen-bond donors (Lipinski definition) is 0. The molecule has 0 amide bonds. The molecule has 1 saturated heterocycles. The van der Waals surface area contributed by atoms with Gasteiger partial charge in [0.25, 0.3) is 0 Å². The van der Waals surface area contributed by atoms with Crippen molar-refractivity contribution in [3.05, 3.63) is 53.8 Å². The molecule has 1 aromatic carbocycles. The molecule has 2 aliphatic rings. The molecule has 0 N–H and O–H groups in total. The normalized spacial score (nSPS) is 26.6. The van der Waals surface area contributed by atoms with Gasteiger partial charge in [0.15, 0.2) is 12.3 Å². The number of hydrogen-bond acceptors (Lipinski definition) is 6. The van der Waals surface area contributed by atoms with Gasteiger partial charge in [0, 0.05) is 0 Å². The van der Waals surface area contributed by atoms with Crippen molar-refractivity contribution in [1.82, 2.24) is 0 Å². The van der Waals surface area contributed by atoms with Crippen molar-refractivity contribution < 1.29 is 23.8 Å². The standard InChI is InChI=1S/C19H24N2O5/c1-3-9-23-19-17-15(13-26-20-17)12-25-18(19)16(10-21(2)22)24-11-14-7-5-4-6-8-14/h3-8,10,15-16,18-19H,1,9,11-13H2,2H3/b21-10-/t15-,16+,18-,19-/m1/s1. The Hall–Kier alpha value is -2.22. The van der Waals surface area contributed by atoms with Crippen LogP contribution in [0.25, 0.3) is 0 Å². The third kappa shape index (κ3) is 4.49. The van der Waals surface area contributed by atoms with E-state index in [0.717, 1.165) is 16.0 Å². The van der Waals surface area contributed by atoms with Gasteiger partial charge in [0.2, 0.25) is 0 Å². The molecule has 4 atom stereocenters. The second-order valence-corrected chi connectivity index (χ2v) is 6.31. The summed E-state index contributed by atoms with van der Waals surface area (Å²) >= 11 is 0. The van der Waals surface area contributed by atoms with Crippen LogP contribution in [-0.4, -0.2) is 61.8 Å². The molecule has 0 bridgehead atoms. The Morgan fingerprint density at radius 1 is 1.38 bits per heavy atom. The molecular formula is C19H24N2O5. The zero-order valence-electron chi connectivity index (χ0n) is 14.8. The van der Waals surface area contributed by atoms with E-state index in [0.29, 0.717) is 26.4 Å². The van der Waals surface area contributed by atoms with Crippen molar-refractivity contribution in [2.24, 2.45) is 11.1 Å². The van der Waals surface area contributed by atoms with Crippen molar-refractivity contribution in [3.8, 4) is 0 Å². The van der Waals surface area contributed by atoms with E-state index in [2.05, 4.69) is 11.7 Å². The maximum atomic E-state index is 11.7. The minimum Gasteiger partial charge on any atom is -0.624 e. The van der Waals surface area contributed by atoms with Crippen molar-refractivity contribution in [2.45, 2.75) is 24.9 Å². The van der Waals surface area contributed by atoms with E-state index in [4.69, 9.17) is 19.0 Å².